The Balaban J connectivity index is 1.81. The zero-order valence-corrected chi connectivity index (χ0v) is 18.3. The number of hydrogen-bond acceptors (Lipinski definition) is 5. The van der Waals surface area contributed by atoms with Crippen LogP contribution in [0.25, 0.3) is 11.6 Å². The molecule has 6 nitrogen and oxygen atoms in total. The summed E-state index contributed by atoms with van der Waals surface area (Å²) in [4.78, 5) is 27.3. The molecule has 0 saturated heterocycles. The van der Waals surface area contributed by atoms with Crippen molar-refractivity contribution in [3.8, 4) is 11.8 Å². The van der Waals surface area contributed by atoms with Crippen LogP contribution in [-0.2, 0) is 14.3 Å². The summed E-state index contributed by atoms with van der Waals surface area (Å²) in [5, 5.41) is 8.95. The van der Waals surface area contributed by atoms with Crippen LogP contribution in [0.1, 0.15) is 17.5 Å². The van der Waals surface area contributed by atoms with Crippen molar-refractivity contribution in [2.45, 2.75) is 6.42 Å². The molecule has 0 N–H and O–H groups in total. The van der Waals surface area contributed by atoms with Gasteiger partial charge in [0.05, 0.1) is 25.2 Å². The van der Waals surface area contributed by atoms with Crippen LogP contribution in [0.4, 0.5) is 5.69 Å². The van der Waals surface area contributed by atoms with Crippen LogP contribution in [0, 0.1) is 11.3 Å². The Morgan fingerprint density at radius 3 is 2.33 bits per heavy atom. The lowest BCUT2D eigenvalue weighted by molar-refractivity contribution is -0.142. The number of rotatable bonds is 9. The van der Waals surface area contributed by atoms with Crippen LogP contribution in [0.5, 0.6) is 5.75 Å². The third kappa shape index (κ3) is 6.55. The third-order valence-electron chi connectivity index (χ3n) is 4.85. The first-order valence-electron chi connectivity index (χ1n) is 10.4. The number of para-hydroxylation sites is 1. The number of hydrogen-bond donors (Lipinski definition) is 0. The summed E-state index contributed by atoms with van der Waals surface area (Å²) in [6.07, 6.45) is 1.87. The van der Waals surface area contributed by atoms with Crippen LogP contribution in [-0.4, -0.2) is 32.1 Å². The summed E-state index contributed by atoms with van der Waals surface area (Å²) in [5.41, 5.74) is 2.39. The van der Waals surface area contributed by atoms with E-state index < -0.39 is 18.5 Å². The SMILES string of the molecule is COc1cccc(C=C(C(=O)OCC(=O)N(CCC#N)c2ccccc2)c2ccccc2)c1. The van der Waals surface area contributed by atoms with E-state index in [1.165, 1.54) is 4.90 Å². The molecule has 0 radical (unpaired) electrons. The Hall–Kier alpha value is -4.37. The second kappa shape index (κ2) is 11.9. The normalized spacial score (nSPS) is 10.7. The molecule has 0 aliphatic carbocycles. The molecule has 6 heteroatoms. The summed E-state index contributed by atoms with van der Waals surface area (Å²) in [5.74, 6) is -0.361. The van der Waals surface area contributed by atoms with Crippen molar-refractivity contribution in [1.29, 1.82) is 5.26 Å². The van der Waals surface area contributed by atoms with Crippen molar-refractivity contribution in [3.63, 3.8) is 0 Å². The van der Waals surface area contributed by atoms with E-state index in [0.29, 0.717) is 22.6 Å². The van der Waals surface area contributed by atoms with Gasteiger partial charge in [0.2, 0.25) is 0 Å². The van der Waals surface area contributed by atoms with Gasteiger partial charge in [0.1, 0.15) is 5.75 Å². The monoisotopic (exact) mass is 440 g/mol. The van der Waals surface area contributed by atoms with Crippen molar-refractivity contribution in [3.05, 3.63) is 96.1 Å². The Labute approximate surface area is 193 Å². The van der Waals surface area contributed by atoms with Gasteiger partial charge in [-0.25, -0.2) is 4.79 Å². The summed E-state index contributed by atoms with van der Waals surface area (Å²) >= 11 is 0. The summed E-state index contributed by atoms with van der Waals surface area (Å²) in [6, 6.07) is 27.5. The number of nitriles is 1. The largest absolute Gasteiger partial charge is 0.497 e. The number of amides is 1. The Bertz CT molecular complexity index is 1150. The maximum Gasteiger partial charge on any atom is 0.339 e. The van der Waals surface area contributed by atoms with Crippen LogP contribution < -0.4 is 9.64 Å². The van der Waals surface area contributed by atoms with Crippen LogP contribution in [0.2, 0.25) is 0 Å². The van der Waals surface area contributed by atoms with Gasteiger partial charge >= 0.3 is 5.97 Å². The number of anilines is 1. The second-order valence-electron chi connectivity index (χ2n) is 7.07. The molecule has 0 aromatic heterocycles. The molecule has 0 bridgehead atoms. The highest BCUT2D eigenvalue weighted by molar-refractivity contribution is 6.22. The van der Waals surface area contributed by atoms with E-state index in [1.54, 1.807) is 55.7 Å². The first kappa shape index (κ1) is 23.3. The molecule has 3 rings (SSSR count). The Kier molecular flexibility index (Phi) is 8.38. The van der Waals surface area contributed by atoms with Gasteiger partial charge < -0.3 is 14.4 Å². The fraction of sp³-hybridized carbons (Fsp3) is 0.148. The molecule has 3 aromatic carbocycles. The molecule has 33 heavy (non-hydrogen) atoms. The predicted molar refractivity (Wildman–Crippen MR) is 127 cm³/mol. The minimum atomic E-state index is -0.620. The van der Waals surface area contributed by atoms with E-state index in [2.05, 4.69) is 0 Å². The van der Waals surface area contributed by atoms with Gasteiger partial charge in [-0.2, -0.15) is 5.26 Å². The number of nitrogens with zero attached hydrogens (tertiary/aromatic N) is 2. The van der Waals surface area contributed by atoms with Crippen LogP contribution in [0.3, 0.4) is 0 Å². The predicted octanol–water partition coefficient (Wildman–Crippen LogP) is 4.73. The molecule has 0 unspecified atom stereocenters. The second-order valence-corrected chi connectivity index (χ2v) is 7.07. The zero-order chi connectivity index (χ0) is 23.5. The van der Waals surface area contributed by atoms with Crippen LogP contribution >= 0.6 is 0 Å². The van der Waals surface area contributed by atoms with Crippen molar-refractivity contribution in [1.82, 2.24) is 0 Å². The number of carbonyl (C=O) groups is 2. The molecule has 0 aliphatic heterocycles. The van der Waals surface area contributed by atoms with E-state index in [1.807, 2.05) is 48.5 Å². The van der Waals surface area contributed by atoms with Gasteiger partial charge in [0.25, 0.3) is 5.91 Å². The summed E-state index contributed by atoms with van der Waals surface area (Å²) in [7, 11) is 1.58. The smallest absolute Gasteiger partial charge is 0.339 e. The quantitative estimate of drug-likeness (QED) is 0.273. The van der Waals surface area contributed by atoms with Gasteiger partial charge in [0.15, 0.2) is 6.61 Å². The molecular formula is C27H24N2O4. The highest BCUT2D eigenvalue weighted by Crippen LogP contribution is 2.22. The molecule has 0 saturated carbocycles. The molecule has 166 valence electrons. The van der Waals surface area contributed by atoms with Gasteiger partial charge in [-0.3, -0.25) is 4.79 Å². The summed E-state index contributed by atoms with van der Waals surface area (Å²) in [6.45, 7) is -0.233. The molecule has 1 amide bonds. The first-order valence-corrected chi connectivity index (χ1v) is 10.4. The summed E-state index contributed by atoms with van der Waals surface area (Å²) < 4.78 is 10.7. The molecule has 0 spiro atoms. The molecule has 3 aromatic rings. The van der Waals surface area contributed by atoms with Gasteiger partial charge in [0, 0.05) is 12.2 Å². The molecule has 0 aliphatic rings. The Morgan fingerprint density at radius 2 is 1.67 bits per heavy atom. The molecule has 0 heterocycles. The number of methoxy groups -OCH3 is 1. The molecule has 0 atom stereocenters. The fourth-order valence-electron chi connectivity index (χ4n) is 3.23. The van der Waals surface area contributed by atoms with Crippen molar-refractivity contribution in [2.24, 2.45) is 0 Å². The lowest BCUT2D eigenvalue weighted by Crippen LogP contribution is -2.35. The maximum atomic E-state index is 13.0. The van der Waals surface area contributed by atoms with Crippen molar-refractivity contribution >= 4 is 29.2 Å². The number of esters is 1. The first-order chi connectivity index (χ1) is 16.1. The lowest BCUT2D eigenvalue weighted by Gasteiger charge is -2.21. The Morgan fingerprint density at radius 1 is 0.970 bits per heavy atom. The van der Waals surface area contributed by atoms with Gasteiger partial charge in [-0.1, -0.05) is 60.7 Å². The zero-order valence-electron chi connectivity index (χ0n) is 18.3. The molecular weight excluding hydrogens is 416 g/mol. The van der Waals surface area contributed by atoms with Crippen LogP contribution in [0.15, 0.2) is 84.9 Å². The van der Waals surface area contributed by atoms with E-state index >= 15 is 0 Å². The highest BCUT2D eigenvalue weighted by Gasteiger charge is 2.20. The van der Waals surface area contributed by atoms with E-state index in [4.69, 9.17) is 14.7 Å². The minimum absolute atomic E-state index is 0.166. The topological polar surface area (TPSA) is 79.6 Å². The number of benzene rings is 3. The van der Waals surface area contributed by atoms with E-state index in [-0.39, 0.29) is 13.0 Å². The average molecular weight is 440 g/mol. The lowest BCUT2D eigenvalue weighted by atomic mass is 10.0. The third-order valence-corrected chi connectivity index (χ3v) is 4.85. The van der Waals surface area contributed by atoms with Crippen molar-refractivity contribution in [2.75, 3.05) is 25.2 Å². The van der Waals surface area contributed by atoms with Gasteiger partial charge in [-0.05, 0) is 41.5 Å². The van der Waals surface area contributed by atoms with E-state index in [9.17, 15) is 9.59 Å². The standard InChI is InChI=1S/C27H24N2O4/c1-32-24-15-8-10-21(18-24)19-25(22-11-4-2-5-12-22)27(31)33-20-26(30)29(17-9-16-28)23-13-6-3-7-14-23/h2-8,10-15,18-19H,9,17,20H2,1H3. The number of ether oxygens (including phenoxy) is 2. The van der Waals surface area contributed by atoms with E-state index in [0.717, 1.165) is 5.56 Å². The molecule has 0 fully saturated rings. The van der Waals surface area contributed by atoms with Crippen molar-refractivity contribution < 1.29 is 19.1 Å². The fourth-order valence-corrected chi connectivity index (χ4v) is 3.23. The van der Waals surface area contributed by atoms with Gasteiger partial charge in [-0.15, -0.1) is 0 Å². The highest BCUT2D eigenvalue weighted by atomic mass is 16.5. The minimum Gasteiger partial charge on any atom is -0.497 e. The number of carbonyl (C=O) groups excluding carboxylic acids is 2. The maximum absolute atomic E-state index is 13.0. The average Bonchev–Trinajstić information content (AvgIpc) is 2.87.